The highest BCUT2D eigenvalue weighted by atomic mass is 16.4. The van der Waals surface area contributed by atoms with E-state index in [1.807, 2.05) is 7.05 Å². The van der Waals surface area contributed by atoms with Gasteiger partial charge in [0, 0.05) is 24.7 Å². The molecule has 0 unspecified atom stereocenters. The number of fused-ring (bicyclic) bond motifs is 1. The van der Waals surface area contributed by atoms with Gasteiger partial charge in [-0.3, -0.25) is 9.48 Å². The van der Waals surface area contributed by atoms with Crippen LogP contribution in [0, 0.1) is 0 Å². The zero-order chi connectivity index (χ0) is 10.8. The first-order chi connectivity index (χ1) is 7.16. The average Bonchev–Trinajstić information content (AvgIpc) is 2.57. The van der Waals surface area contributed by atoms with Gasteiger partial charge in [-0.15, -0.1) is 0 Å². The van der Waals surface area contributed by atoms with E-state index in [0.29, 0.717) is 5.82 Å². The summed E-state index contributed by atoms with van der Waals surface area (Å²) in [7, 11) is 1.82. The number of carboxylic acid groups (broad SMARTS) is 1. The second-order valence-electron chi connectivity index (χ2n) is 3.14. The number of hydrogen-bond donors (Lipinski definition) is 2. The highest BCUT2D eigenvalue weighted by molar-refractivity contribution is 5.81. The summed E-state index contributed by atoms with van der Waals surface area (Å²) in [6.45, 7) is -0.143. The molecule has 0 bridgehead atoms. The number of pyridine rings is 1. The van der Waals surface area contributed by atoms with Crippen LogP contribution in [0.25, 0.3) is 10.9 Å². The van der Waals surface area contributed by atoms with Gasteiger partial charge in [-0.25, -0.2) is 4.98 Å². The van der Waals surface area contributed by atoms with Gasteiger partial charge in [0.25, 0.3) is 0 Å². The van der Waals surface area contributed by atoms with Crippen LogP contribution in [-0.2, 0) is 11.8 Å². The highest BCUT2D eigenvalue weighted by Gasteiger charge is 2.03. The van der Waals surface area contributed by atoms with E-state index in [9.17, 15) is 4.79 Å². The van der Waals surface area contributed by atoms with Crippen LogP contribution in [0.4, 0.5) is 5.82 Å². The second-order valence-corrected chi connectivity index (χ2v) is 3.14. The first-order valence-electron chi connectivity index (χ1n) is 4.40. The lowest BCUT2D eigenvalue weighted by atomic mass is 10.3. The van der Waals surface area contributed by atoms with Crippen molar-refractivity contribution in [2.75, 3.05) is 11.9 Å². The molecular weight excluding hydrogens is 196 g/mol. The molecule has 2 aromatic heterocycles. The molecule has 2 rings (SSSR count). The Morgan fingerprint density at radius 3 is 3.13 bits per heavy atom. The second kappa shape index (κ2) is 3.56. The van der Waals surface area contributed by atoms with Crippen molar-refractivity contribution in [2.45, 2.75) is 0 Å². The number of hydrogen-bond acceptors (Lipinski definition) is 4. The summed E-state index contributed by atoms with van der Waals surface area (Å²) in [4.78, 5) is 14.4. The molecule has 15 heavy (non-hydrogen) atoms. The Hall–Kier alpha value is -2.11. The van der Waals surface area contributed by atoms with E-state index in [4.69, 9.17) is 5.11 Å². The third kappa shape index (κ3) is 1.88. The SMILES string of the molecule is Cn1ncc2cnc(NCC(=O)O)cc21. The Labute approximate surface area is 85.5 Å². The molecule has 0 radical (unpaired) electrons. The molecule has 0 aliphatic carbocycles. The van der Waals surface area contributed by atoms with Gasteiger partial charge < -0.3 is 10.4 Å². The molecule has 0 atom stereocenters. The summed E-state index contributed by atoms with van der Waals surface area (Å²) in [5.74, 6) is -0.379. The molecule has 0 spiro atoms. The molecule has 78 valence electrons. The summed E-state index contributed by atoms with van der Waals surface area (Å²) in [6.07, 6.45) is 3.37. The lowest BCUT2D eigenvalue weighted by Gasteiger charge is -2.02. The van der Waals surface area contributed by atoms with E-state index in [1.165, 1.54) is 0 Å². The molecule has 0 amide bonds. The molecule has 2 heterocycles. The minimum atomic E-state index is -0.915. The fourth-order valence-corrected chi connectivity index (χ4v) is 1.31. The van der Waals surface area contributed by atoms with Gasteiger partial charge >= 0.3 is 5.97 Å². The van der Waals surface area contributed by atoms with Crippen molar-refractivity contribution in [3.63, 3.8) is 0 Å². The minimum Gasteiger partial charge on any atom is -0.480 e. The van der Waals surface area contributed by atoms with E-state index >= 15 is 0 Å². The zero-order valence-corrected chi connectivity index (χ0v) is 8.14. The van der Waals surface area contributed by atoms with E-state index in [0.717, 1.165) is 10.9 Å². The molecule has 6 heteroatoms. The van der Waals surface area contributed by atoms with Gasteiger partial charge in [-0.1, -0.05) is 0 Å². The van der Waals surface area contributed by atoms with Crippen LogP contribution in [0.2, 0.25) is 0 Å². The summed E-state index contributed by atoms with van der Waals surface area (Å²) < 4.78 is 1.71. The third-order valence-corrected chi connectivity index (χ3v) is 2.05. The number of rotatable bonds is 3. The van der Waals surface area contributed by atoms with Crippen molar-refractivity contribution in [1.82, 2.24) is 14.8 Å². The average molecular weight is 206 g/mol. The van der Waals surface area contributed by atoms with Crippen LogP contribution in [0.15, 0.2) is 18.5 Å². The Morgan fingerprint density at radius 1 is 1.60 bits per heavy atom. The third-order valence-electron chi connectivity index (χ3n) is 2.05. The Bertz CT molecular complexity index is 506. The van der Waals surface area contributed by atoms with Crippen LogP contribution in [0.1, 0.15) is 0 Å². The fourth-order valence-electron chi connectivity index (χ4n) is 1.31. The number of anilines is 1. The number of carbonyl (C=O) groups is 1. The van der Waals surface area contributed by atoms with Gasteiger partial charge in [0.15, 0.2) is 0 Å². The molecule has 0 saturated carbocycles. The highest BCUT2D eigenvalue weighted by Crippen LogP contribution is 2.14. The summed E-state index contributed by atoms with van der Waals surface area (Å²) in [5.41, 5.74) is 0.915. The smallest absolute Gasteiger partial charge is 0.322 e. The van der Waals surface area contributed by atoms with Crippen molar-refractivity contribution in [3.05, 3.63) is 18.5 Å². The summed E-state index contributed by atoms with van der Waals surface area (Å²) in [6, 6.07) is 1.77. The minimum absolute atomic E-state index is 0.143. The van der Waals surface area contributed by atoms with Crippen LogP contribution in [-0.4, -0.2) is 32.4 Å². The molecule has 6 nitrogen and oxygen atoms in total. The number of aryl methyl sites for hydroxylation is 1. The predicted octanol–water partition coefficient (Wildman–Crippen LogP) is 0.465. The van der Waals surface area contributed by atoms with Gasteiger partial charge in [-0.2, -0.15) is 5.10 Å². The lowest BCUT2D eigenvalue weighted by Crippen LogP contribution is -2.13. The molecule has 2 N–H and O–H groups in total. The van der Waals surface area contributed by atoms with Gasteiger partial charge in [0.2, 0.25) is 0 Å². The maximum absolute atomic E-state index is 10.3. The predicted molar refractivity (Wildman–Crippen MR) is 54.6 cm³/mol. The van der Waals surface area contributed by atoms with Gasteiger partial charge in [-0.05, 0) is 0 Å². The van der Waals surface area contributed by atoms with Crippen molar-refractivity contribution < 1.29 is 9.90 Å². The van der Waals surface area contributed by atoms with E-state index in [2.05, 4.69) is 15.4 Å². The maximum atomic E-state index is 10.3. The van der Waals surface area contributed by atoms with Crippen LogP contribution in [0.5, 0.6) is 0 Å². The molecule has 0 fully saturated rings. The number of aliphatic carboxylic acids is 1. The normalized spacial score (nSPS) is 10.5. The van der Waals surface area contributed by atoms with E-state index in [-0.39, 0.29) is 6.54 Å². The monoisotopic (exact) mass is 206 g/mol. The number of carboxylic acids is 1. The maximum Gasteiger partial charge on any atom is 0.322 e. The summed E-state index contributed by atoms with van der Waals surface area (Å²) in [5, 5.41) is 16.2. The standard InChI is InChI=1S/C9H10N4O2/c1-13-7-2-8(11-5-9(14)15)10-3-6(7)4-12-13/h2-4H,5H2,1H3,(H,10,11)(H,14,15). The van der Waals surface area contributed by atoms with Crippen LogP contribution >= 0.6 is 0 Å². The Morgan fingerprint density at radius 2 is 2.40 bits per heavy atom. The van der Waals surface area contributed by atoms with E-state index in [1.54, 1.807) is 23.1 Å². The molecule has 0 saturated heterocycles. The molecule has 0 aliphatic heterocycles. The van der Waals surface area contributed by atoms with Gasteiger partial charge in [0.05, 0.1) is 11.7 Å². The van der Waals surface area contributed by atoms with Crippen molar-refractivity contribution in [1.29, 1.82) is 0 Å². The van der Waals surface area contributed by atoms with Crippen LogP contribution in [0.3, 0.4) is 0 Å². The van der Waals surface area contributed by atoms with Crippen molar-refractivity contribution in [3.8, 4) is 0 Å². The number of nitrogens with zero attached hydrogens (tertiary/aromatic N) is 3. The number of aromatic nitrogens is 3. The molecule has 0 aromatic carbocycles. The fraction of sp³-hybridized carbons (Fsp3) is 0.222. The van der Waals surface area contributed by atoms with Gasteiger partial charge in [0.1, 0.15) is 12.4 Å². The first-order valence-corrected chi connectivity index (χ1v) is 4.40. The van der Waals surface area contributed by atoms with Crippen LogP contribution < -0.4 is 5.32 Å². The Kier molecular flexibility index (Phi) is 2.24. The lowest BCUT2D eigenvalue weighted by molar-refractivity contribution is -0.134. The van der Waals surface area contributed by atoms with Crippen molar-refractivity contribution >= 4 is 22.7 Å². The molecular formula is C9H10N4O2. The number of nitrogens with one attached hydrogen (secondary N) is 1. The molecule has 0 aliphatic rings. The molecule has 2 aromatic rings. The topological polar surface area (TPSA) is 80.0 Å². The zero-order valence-electron chi connectivity index (χ0n) is 8.14. The Balaban J connectivity index is 2.29. The largest absolute Gasteiger partial charge is 0.480 e. The quantitative estimate of drug-likeness (QED) is 0.762. The first kappa shape index (κ1) is 9.45. The summed E-state index contributed by atoms with van der Waals surface area (Å²) >= 11 is 0. The van der Waals surface area contributed by atoms with Crippen molar-refractivity contribution in [2.24, 2.45) is 7.05 Å². The van der Waals surface area contributed by atoms with E-state index < -0.39 is 5.97 Å².